The first-order chi connectivity index (χ1) is 27.4. The predicted molar refractivity (Wildman–Crippen MR) is 226 cm³/mol. The van der Waals surface area contributed by atoms with Gasteiger partial charge in [-0.05, 0) is 64.5 Å². The van der Waals surface area contributed by atoms with E-state index in [2.05, 4.69) is 185 Å². The van der Waals surface area contributed by atoms with Gasteiger partial charge in [0.05, 0.1) is 0 Å². The average molecular weight is 918 g/mol. The molecular formula is C48H35BN6OPt. The van der Waals surface area contributed by atoms with E-state index in [9.17, 15) is 0 Å². The van der Waals surface area contributed by atoms with Crippen LogP contribution in [0.3, 0.4) is 0 Å². The summed E-state index contributed by atoms with van der Waals surface area (Å²) in [7, 11) is -0.282. The van der Waals surface area contributed by atoms with Gasteiger partial charge in [-0.2, -0.15) is 6.07 Å². The molecule has 9 aromatic rings. The minimum Gasteiger partial charge on any atom is -0.503 e. The van der Waals surface area contributed by atoms with Crippen LogP contribution >= 0.6 is 0 Å². The molecule has 7 nitrogen and oxygen atoms in total. The van der Waals surface area contributed by atoms with Gasteiger partial charge in [0.2, 0.25) is 0 Å². The van der Waals surface area contributed by atoms with Crippen molar-refractivity contribution >= 4 is 51.7 Å². The van der Waals surface area contributed by atoms with Gasteiger partial charge in [-0.15, -0.1) is 23.6 Å². The van der Waals surface area contributed by atoms with Crippen molar-refractivity contribution in [3.8, 4) is 39.8 Å². The summed E-state index contributed by atoms with van der Waals surface area (Å²) in [6.45, 7) is 6.67. The number of pyridine rings is 1. The quantitative estimate of drug-likeness (QED) is 0.130. The number of anilines is 4. The van der Waals surface area contributed by atoms with Crippen molar-refractivity contribution in [3.05, 3.63) is 176 Å². The maximum Gasteiger partial charge on any atom is 2.00 e. The Kier molecular flexibility index (Phi) is 8.24. The fraction of sp³-hybridized carbons (Fsp3) is 0.0833. The zero-order valence-corrected chi connectivity index (χ0v) is 33.8. The van der Waals surface area contributed by atoms with Crippen LogP contribution in [0.1, 0.15) is 26.3 Å². The molecule has 2 aliphatic heterocycles. The molecule has 3 aromatic heterocycles. The van der Waals surface area contributed by atoms with Gasteiger partial charge < -0.3 is 23.4 Å². The van der Waals surface area contributed by atoms with Gasteiger partial charge >= 0.3 is 28.2 Å². The Morgan fingerprint density at radius 3 is 2.09 bits per heavy atom. The van der Waals surface area contributed by atoms with Crippen LogP contribution in [0.5, 0.6) is 11.5 Å². The maximum atomic E-state index is 6.67. The molecule has 57 heavy (non-hydrogen) atoms. The summed E-state index contributed by atoms with van der Waals surface area (Å²) in [5, 5.41) is 2.22. The van der Waals surface area contributed by atoms with Crippen LogP contribution in [-0.4, -0.2) is 26.1 Å². The van der Waals surface area contributed by atoms with Crippen LogP contribution < -0.4 is 14.4 Å². The second kappa shape index (κ2) is 13.4. The molecule has 276 valence electrons. The van der Waals surface area contributed by atoms with Gasteiger partial charge in [-0.1, -0.05) is 117 Å². The largest absolute Gasteiger partial charge is 2.00 e. The Labute approximate surface area is 346 Å². The van der Waals surface area contributed by atoms with Gasteiger partial charge in [0.1, 0.15) is 5.82 Å². The summed E-state index contributed by atoms with van der Waals surface area (Å²) >= 11 is 0. The zero-order valence-electron chi connectivity index (χ0n) is 31.5. The molecule has 0 saturated carbocycles. The first-order valence-electron chi connectivity index (χ1n) is 18.9. The molecule has 0 unspecified atom stereocenters. The van der Waals surface area contributed by atoms with Crippen LogP contribution in [-0.2, 0) is 26.5 Å². The van der Waals surface area contributed by atoms with Gasteiger partial charge in [-0.3, -0.25) is 4.98 Å². The molecule has 0 saturated heterocycles. The third-order valence-corrected chi connectivity index (χ3v) is 11.0. The number of hydrogen-bond donors (Lipinski definition) is 0. The van der Waals surface area contributed by atoms with Crippen molar-refractivity contribution in [3.63, 3.8) is 0 Å². The van der Waals surface area contributed by atoms with Crippen LogP contribution in [0.15, 0.2) is 158 Å². The van der Waals surface area contributed by atoms with Gasteiger partial charge in [0.15, 0.2) is 0 Å². The number of aromatic nitrogens is 4. The summed E-state index contributed by atoms with van der Waals surface area (Å²) in [6, 6.07) is 56.1. The molecule has 0 spiro atoms. The fourth-order valence-corrected chi connectivity index (χ4v) is 8.44. The number of rotatable bonds is 4. The molecule has 0 radical (unpaired) electrons. The van der Waals surface area contributed by atoms with E-state index >= 15 is 0 Å². The van der Waals surface area contributed by atoms with E-state index in [0.29, 0.717) is 11.5 Å². The summed E-state index contributed by atoms with van der Waals surface area (Å²) in [4.78, 5) is 14.6. The van der Waals surface area contributed by atoms with Crippen LogP contribution in [0.25, 0.3) is 50.1 Å². The minimum absolute atomic E-state index is 0. The summed E-state index contributed by atoms with van der Waals surface area (Å²) in [5.74, 6) is 2.83. The molecule has 5 heterocycles. The molecule has 0 atom stereocenters. The third-order valence-electron chi connectivity index (χ3n) is 11.0. The van der Waals surface area contributed by atoms with Crippen LogP contribution in [0.2, 0.25) is 0 Å². The van der Waals surface area contributed by atoms with Gasteiger partial charge in [0, 0.05) is 69.6 Å². The Morgan fingerprint density at radius 2 is 1.30 bits per heavy atom. The number of fused-ring (bicyclic) bond motifs is 13. The summed E-state index contributed by atoms with van der Waals surface area (Å²) in [5.41, 5.74) is 10.6. The first-order valence-corrected chi connectivity index (χ1v) is 18.9. The normalized spacial score (nSPS) is 12.9. The van der Waals surface area contributed by atoms with E-state index in [1.807, 2.05) is 24.5 Å². The predicted octanol–water partition coefficient (Wildman–Crippen LogP) is 11.5. The maximum absolute atomic E-state index is 6.67. The SMILES string of the molecule is CC(C)(C)c1ccnc(-n2c3[c-]c(Oc4[c-]c5c(cc4)N4B(N(c6ccccc6)c6ccccc6-c6ccccc64)n4ccnc4-5)ccc3c3ccccc32)c1.[Pt+2]. The number of nitrogens with zero attached hydrogens (tertiary/aromatic N) is 6. The Bertz CT molecular complexity index is 2990. The monoisotopic (exact) mass is 917 g/mol. The van der Waals surface area contributed by atoms with E-state index in [4.69, 9.17) is 14.7 Å². The molecule has 11 rings (SSSR count). The topological polar surface area (TPSA) is 51.4 Å². The van der Waals surface area contributed by atoms with Crippen molar-refractivity contribution in [2.75, 3.05) is 9.62 Å². The first kappa shape index (κ1) is 35.1. The molecule has 0 N–H and O–H groups in total. The van der Waals surface area contributed by atoms with E-state index in [-0.39, 0.29) is 33.6 Å². The Balaban J connectivity index is 0.00000396. The van der Waals surface area contributed by atoms with E-state index in [0.717, 1.165) is 72.9 Å². The van der Waals surface area contributed by atoms with Crippen molar-refractivity contribution in [1.82, 2.24) is 19.0 Å². The smallest absolute Gasteiger partial charge is 0.503 e. The molecule has 6 aromatic carbocycles. The molecule has 0 amide bonds. The standard InChI is InChI=1S/C48H35BN6O.Pt/c1-48(2,3)32-25-26-50-46(29-32)53-41-18-10-7-15-36(41)39-23-21-35(31-45(39)53)56-34-22-24-44-40(30-34)47-51-27-28-52(47)49-54(33-13-5-4-6-14-33)42-19-11-8-16-37(42)38-17-9-12-20-43(38)55(44)49;/h4-29H,1-3H3;/q-2;+2. The van der Waals surface area contributed by atoms with Crippen molar-refractivity contribution in [1.29, 1.82) is 0 Å². The molecule has 0 fully saturated rings. The summed E-state index contributed by atoms with van der Waals surface area (Å²) in [6.07, 6.45) is 5.83. The average Bonchev–Trinajstić information content (AvgIpc) is 3.82. The van der Waals surface area contributed by atoms with Crippen LogP contribution in [0, 0.1) is 12.1 Å². The molecule has 0 aliphatic carbocycles. The number of hydrogen-bond acceptors (Lipinski definition) is 5. The number of para-hydroxylation sites is 4. The van der Waals surface area contributed by atoms with Gasteiger partial charge in [-0.25, -0.2) is 4.98 Å². The fourth-order valence-electron chi connectivity index (χ4n) is 8.44. The molecule has 0 bridgehead atoms. The second-order valence-corrected chi connectivity index (χ2v) is 15.4. The Morgan fingerprint density at radius 1 is 0.614 bits per heavy atom. The van der Waals surface area contributed by atoms with Gasteiger partial charge in [0.25, 0.3) is 0 Å². The van der Waals surface area contributed by atoms with E-state index < -0.39 is 0 Å². The Hall–Kier alpha value is -6.37. The third kappa shape index (κ3) is 5.54. The second-order valence-electron chi connectivity index (χ2n) is 15.4. The van der Waals surface area contributed by atoms with Crippen molar-refractivity contribution in [2.24, 2.45) is 0 Å². The van der Waals surface area contributed by atoms with E-state index in [1.54, 1.807) is 0 Å². The number of benzene rings is 6. The number of imidazole rings is 1. The zero-order chi connectivity index (χ0) is 37.5. The van der Waals surface area contributed by atoms with E-state index in [1.165, 1.54) is 5.56 Å². The molecule has 9 heteroatoms. The summed E-state index contributed by atoms with van der Waals surface area (Å²) < 4.78 is 11.1. The molecular weight excluding hydrogens is 882 g/mol. The minimum atomic E-state index is -0.282. The van der Waals surface area contributed by atoms with Crippen LogP contribution in [0.4, 0.5) is 22.7 Å². The number of ether oxygens (including phenoxy) is 1. The molecule has 2 aliphatic rings. The van der Waals surface area contributed by atoms with Crippen molar-refractivity contribution < 1.29 is 25.8 Å². The van der Waals surface area contributed by atoms with Crippen molar-refractivity contribution in [2.45, 2.75) is 26.2 Å².